The number of aliphatic carboxylic acids is 1. The highest BCUT2D eigenvalue weighted by Gasteiger charge is 2.38. The molecular weight excluding hydrogens is 306 g/mol. The zero-order valence-corrected chi connectivity index (χ0v) is 10.7. The van der Waals surface area contributed by atoms with Gasteiger partial charge in [0, 0.05) is 13.1 Å². The van der Waals surface area contributed by atoms with Crippen LogP contribution in [-0.2, 0) is 4.79 Å². The van der Waals surface area contributed by atoms with Gasteiger partial charge in [0.05, 0.1) is 5.02 Å². The molecule has 1 aliphatic heterocycles. The number of carboxylic acids is 1. The maximum atomic E-state index is 12.6. The van der Waals surface area contributed by atoms with Crippen molar-refractivity contribution in [3.63, 3.8) is 0 Å². The molecule has 1 N–H and O–H groups in total. The van der Waals surface area contributed by atoms with Gasteiger partial charge in [-0.05, 0) is 24.6 Å². The second-order valence-corrected chi connectivity index (χ2v) is 4.16. The van der Waals surface area contributed by atoms with Gasteiger partial charge >= 0.3 is 12.1 Å². The fourth-order valence-electron chi connectivity index (χ4n) is 1.07. The van der Waals surface area contributed by atoms with Gasteiger partial charge in [-0.3, -0.25) is 0 Å². The minimum absolute atomic E-state index is 0.312. The van der Waals surface area contributed by atoms with Crippen molar-refractivity contribution in [2.24, 2.45) is 0 Å². The van der Waals surface area contributed by atoms with Crippen molar-refractivity contribution in [1.29, 1.82) is 0 Å². The van der Waals surface area contributed by atoms with Crippen LogP contribution >= 0.6 is 11.6 Å². The lowest BCUT2D eigenvalue weighted by Gasteiger charge is -2.29. The van der Waals surface area contributed by atoms with Crippen LogP contribution in [-0.4, -0.2) is 35.4 Å². The third-order valence-corrected chi connectivity index (χ3v) is 2.47. The van der Waals surface area contributed by atoms with E-state index in [1.807, 2.05) is 0 Å². The van der Waals surface area contributed by atoms with Crippen LogP contribution in [0.15, 0.2) is 18.2 Å². The van der Waals surface area contributed by atoms with E-state index in [4.69, 9.17) is 26.3 Å². The van der Waals surface area contributed by atoms with Crippen molar-refractivity contribution in [1.82, 2.24) is 5.06 Å². The first kappa shape index (κ1) is 16.5. The zero-order valence-electron chi connectivity index (χ0n) is 9.95. The third kappa shape index (κ3) is 5.22. The van der Waals surface area contributed by atoms with E-state index in [0.29, 0.717) is 10.8 Å². The molecule has 0 amide bonds. The van der Waals surface area contributed by atoms with E-state index < -0.39 is 12.1 Å². The van der Waals surface area contributed by atoms with Gasteiger partial charge in [0.25, 0.3) is 0 Å². The Morgan fingerprint density at radius 3 is 2.25 bits per heavy atom. The van der Waals surface area contributed by atoms with E-state index in [0.717, 1.165) is 19.5 Å². The molecule has 0 bridgehead atoms. The van der Waals surface area contributed by atoms with E-state index in [1.54, 1.807) is 5.06 Å². The maximum Gasteiger partial charge on any atom is 0.490 e. The summed E-state index contributed by atoms with van der Waals surface area (Å²) in [4.78, 5) is 14.3. The molecule has 1 aromatic rings. The minimum Gasteiger partial charge on any atom is -0.475 e. The van der Waals surface area contributed by atoms with Gasteiger partial charge in [-0.25, -0.2) is 9.18 Å². The fourth-order valence-corrected chi connectivity index (χ4v) is 1.27. The summed E-state index contributed by atoms with van der Waals surface area (Å²) in [5.41, 5.74) is 0. The summed E-state index contributed by atoms with van der Waals surface area (Å²) in [7, 11) is 0. The Bertz CT molecular complexity index is 477. The monoisotopic (exact) mass is 315 g/mol. The summed E-state index contributed by atoms with van der Waals surface area (Å²) >= 11 is 5.76. The van der Waals surface area contributed by atoms with Crippen molar-refractivity contribution < 1.29 is 32.3 Å². The van der Waals surface area contributed by atoms with Crippen LogP contribution < -0.4 is 4.84 Å². The lowest BCUT2D eigenvalue weighted by molar-refractivity contribution is -0.192. The Kier molecular flexibility index (Phi) is 5.58. The molecule has 0 saturated carbocycles. The van der Waals surface area contributed by atoms with Gasteiger partial charge in [-0.15, -0.1) is 5.06 Å². The largest absolute Gasteiger partial charge is 0.490 e. The highest BCUT2D eigenvalue weighted by atomic mass is 35.5. The maximum absolute atomic E-state index is 12.6. The van der Waals surface area contributed by atoms with Crippen molar-refractivity contribution >= 4 is 17.6 Å². The molecule has 20 heavy (non-hydrogen) atoms. The van der Waals surface area contributed by atoms with Gasteiger partial charge in [0.1, 0.15) is 5.82 Å². The van der Waals surface area contributed by atoms with Crippen LogP contribution in [0, 0.1) is 5.82 Å². The van der Waals surface area contributed by atoms with E-state index in [-0.39, 0.29) is 5.82 Å². The number of benzene rings is 1. The zero-order chi connectivity index (χ0) is 15.3. The number of carboxylic acid groups (broad SMARTS) is 1. The summed E-state index contributed by atoms with van der Waals surface area (Å²) in [6, 6.07) is 4.12. The molecule has 9 heteroatoms. The van der Waals surface area contributed by atoms with Crippen LogP contribution in [0.25, 0.3) is 0 Å². The SMILES string of the molecule is Fc1ccc(ON2CCC2)c(Cl)c1.O=C(O)C(F)(F)F. The summed E-state index contributed by atoms with van der Waals surface area (Å²) in [5.74, 6) is -2.59. The third-order valence-electron chi connectivity index (χ3n) is 2.18. The number of halogens is 5. The van der Waals surface area contributed by atoms with Gasteiger partial charge in [0.15, 0.2) is 5.75 Å². The smallest absolute Gasteiger partial charge is 0.475 e. The number of rotatable bonds is 2. The first-order chi connectivity index (χ1) is 9.20. The van der Waals surface area contributed by atoms with Crippen LogP contribution in [0.4, 0.5) is 17.6 Å². The molecule has 1 saturated heterocycles. The topological polar surface area (TPSA) is 49.8 Å². The Labute approximate surface area is 116 Å². The molecule has 112 valence electrons. The molecule has 0 radical (unpaired) electrons. The molecule has 1 aromatic carbocycles. The molecule has 1 heterocycles. The van der Waals surface area contributed by atoms with E-state index in [2.05, 4.69) is 0 Å². The molecule has 0 aliphatic carbocycles. The Morgan fingerprint density at radius 1 is 1.35 bits per heavy atom. The molecule has 0 atom stereocenters. The molecule has 0 unspecified atom stereocenters. The normalized spacial score (nSPS) is 14.8. The number of alkyl halides is 3. The van der Waals surface area contributed by atoms with Gasteiger partial charge in [0.2, 0.25) is 0 Å². The van der Waals surface area contributed by atoms with Crippen LogP contribution in [0.5, 0.6) is 5.75 Å². The molecule has 4 nitrogen and oxygen atoms in total. The van der Waals surface area contributed by atoms with Gasteiger partial charge < -0.3 is 9.94 Å². The van der Waals surface area contributed by atoms with Crippen molar-refractivity contribution in [2.75, 3.05) is 13.1 Å². The predicted octanol–water partition coefficient (Wildman–Crippen LogP) is 3.11. The lowest BCUT2D eigenvalue weighted by Crippen LogP contribution is -2.39. The first-order valence-corrected chi connectivity index (χ1v) is 5.76. The van der Waals surface area contributed by atoms with Crippen molar-refractivity contribution in [3.05, 3.63) is 29.0 Å². The van der Waals surface area contributed by atoms with Crippen LogP contribution in [0.2, 0.25) is 5.02 Å². The molecule has 1 fully saturated rings. The highest BCUT2D eigenvalue weighted by Crippen LogP contribution is 2.26. The average Bonchev–Trinajstić information content (AvgIpc) is 2.25. The predicted molar refractivity (Wildman–Crippen MR) is 61.9 cm³/mol. The number of hydroxylamine groups is 2. The minimum atomic E-state index is -5.08. The molecular formula is C11H10ClF4NO3. The van der Waals surface area contributed by atoms with Crippen LogP contribution in [0.3, 0.4) is 0 Å². The summed E-state index contributed by atoms with van der Waals surface area (Å²) < 4.78 is 44.4. The summed E-state index contributed by atoms with van der Waals surface area (Å²) in [5, 5.41) is 9.23. The lowest BCUT2D eigenvalue weighted by atomic mass is 10.3. The Balaban J connectivity index is 0.000000246. The molecule has 0 aromatic heterocycles. The number of carbonyl (C=O) groups is 1. The summed E-state index contributed by atoms with van der Waals surface area (Å²) in [6.07, 6.45) is -3.95. The first-order valence-electron chi connectivity index (χ1n) is 5.38. The average molecular weight is 316 g/mol. The molecule has 0 spiro atoms. The molecule has 1 aliphatic rings. The second kappa shape index (κ2) is 6.76. The number of hydrogen-bond donors (Lipinski definition) is 1. The van der Waals surface area contributed by atoms with Gasteiger partial charge in [-0.2, -0.15) is 13.2 Å². The Morgan fingerprint density at radius 2 is 1.90 bits per heavy atom. The van der Waals surface area contributed by atoms with Gasteiger partial charge in [-0.1, -0.05) is 11.6 Å². The van der Waals surface area contributed by atoms with Crippen molar-refractivity contribution in [3.8, 4) is 5.75 Å². The van der Waals surface area contributed by atoms with E-state index in [9.17, 15) is 17.6 Å². The fraction of sp³-hybridized carbons (Fsp3) is 0.364. The van der Waals surface area contributed by atoms with E-state index in [1.165, 1.54) is 18.2 Å². The summed E-state index contributed by atoms with van der Waals surface area (Å²) in [6.45, 7) is 1.82. The quantitative estimate of drug-likeness (QED) is 0.852. The Hall–Kier alpha value is -1.54. The van der Waals surface area contributed by atoms with Crippen LogP contribution in [0.1, 0.15) is 6.42 Å². The standard InChI is InChI=1S/C9H9ClFNO.C2HF3O2/c10-8-6-7(11)2-3-9(8)13-12-4-1-5-12;3-2(4,5)1(6)7/h2-3,6H,1,4-5H2;(H,6,7). The molecule has 2 rings (SSSR count). The van der Waals surface area contributed by atoms with Crippen molar-refractivity contribution in [2.45, 2.75) is 12.6 Å². The van der Waals surface area contributed by atoms with E-state index >= 15 is 0 Å². The number of hydrogen-bond acceptors (Lipinski definition) is 3. The second-order valence-electron chi connectivity index (χ2n) is 3.75. The number of nitrogens with zero attached hydrogens (tertiary/aromatic N) is 1. The highest BCUT2D eigenvalue weighted by molar-refractivity contribution is 6.32.